The molecular weight excluding hydrogens is 330 g/mol. The van der Waals surface area contributed by atoms with E-state index in [9.17, 15) is 9.59 Å². The molecule has 2 aromatic carbocycles. The van der Waals surface area contributed by atoms with Crippen LogP contribution in [0.3, 0.4) is 0 Å². The number of rotatable bonds is 5. The molecule has 6 nitrogen and oxygen atoms in total. The van der Waals surface area contributed by atoms with E-state index < -0.39 is 6.03 Å². The van der Waals surface area contributed by atoms with Gasteiger partial charge in [0.05, 0.1) is 12.6 Å². The summed E-state index contributed by atoms with van der Waals surface area (Å²) in [4.78, 5) is 23.9. The molecule has 0 aliphatic heterocycles. The first kappa shape index (κ1) is 17.5. The number of amides is 3. The van der Waals surface area contributed by atoms with E-state index in [0.717, 1.165) is 16.5 Å². The Kier molecular flexibility index (Phi) is 5.22. The van der Waals surface area contributed by atoms with Crippen LogP contribution in [0.15, 0.2) is 59.0 Å². The van der Waals surface area contributed by atoms with Gasteiger partial charge in [-0.25, -0.2) is 4.79 Å². The molecular formula is C20H21N3O3. The summed E-state index contributed by atoms with van der Waals surface area (Å²) in [5.41, 5.74) is 2.55. The Morgan fingerprint density at radius 1 is 1.08 bits per heavy atom. The third kappa shape index (κ3) is 4.42. The molecule has 1 aromatic heterocycles. The highest BCUT2D eigenvalue weighted by molar-refractivity contribution is 5.92. The maximum absolute atomic E-state index is 12.0. The maximum atomic E-state index is 12.0. The average molecular weight is 351 g/mol. The van der Waals surface area contributed by atoms with Gasteiger partial charge in [-0.15, -0.1) is 0 Å². The number of benzene rings is 2. The van der Waals surface area contributed by atoms with Gasteiger partial charge in [0.15, 0.2) is 0 Å². The van der Waals surface area contributed by atoms with Crippen LogP contribution in [-0.4, -0.2) is 18.5 Å². The minimum atomic E-state index is -0.430. The topological polar surface area (TPSA) is 83.4 Å². The summed E-state index contributed by atoms with van der Waals surface area (Å²) in [6, 6.07) is 16.2. The highest BCUT2D eigenvalue weighted by atomic mass is 16.3. The van der Waals surface area contributed by atoms with Gasteiger partial charge in [0, 0.05) is 11.1 Å². The molecule has 0 bridgehead atoms. The van der Waals surface area contributed by atoms with E-state index in [1.807, 2.05) is 56.3 Å². The molecule has 0 aliphatic rings. The van der Waals surface area contributed by atoms with E-state index in [-0.39, 0.29) is 18.5 Å². The quantitative estimate of drug-likeness (QED) is 0.655. The molecule has 1 atom stereocenters. The zero-order valence-corrected chi connectivity index (χ0v) is 14.7. The van der Waals surface area contributed by atoms with Gasteiger partial charge in [0.1, 0.15) is 11.3 Å². The number of fused-ring (bicyclic) bond motifs is 1. The molecule has 0 fully saturated rings. The Labute approximate surface area is 151 Å². The zero-order chi connectivity index (χ0) is 18.5. The molecule has 0 saturated heterocycles. The van der Waals surface area contributed by atoms with Gasteiger partial charge in [0.25, 0.3) is 0 Å². The van der Waals surface area contributed by atoms with E-state index in [4.69, 9.17) is 4.42 Å². The summed E-state index contributed by atoms with van der Waals surface area (Å²) in [5, 5.41) is 9.01. The lowest BCUT2D eigenvalue weighted by Gasteiger charge is -2.12. The summed E-state index contributed by atoms with van der Waals surface area (Å²) in [6.45, 7) is 3.68. The first-order valence-electron chi connectivity index (χ1n) is 8.40. The lowest BCUT2D eigenvalue weighted by Crippen LogP contribution is -2.39. The Bertz CT molecular complexity index is 882. The number of anilines is 1. The second-order valence-corrected chi connectivity index (χ2v) is 6.15. The summed E-state index contributed by atoms with van der Waals surface area (Å²) >= 11 is 0. The first-order chi connectivity index (χ1) is 12.5. The maximum Gasteiger partial charge on any atom is 0.319 e. The molecule has 3 amide bonds. The molecule has 3 aromatic rings. The number of carbonyl (C=O) groups excluding carboxylic acids is 2. The molecule has 0 saturated carbocycles. The van der Waals surface area contributed by atoms with Crippen LogP contribution in [-0.2, 0) is 4.79 Å². The number of carbonyl (C=O) groups is 2. The lowest BCUT2D eigenvalue weighted by molar-refractivity contribution is -0.120. The number of hydrogen-bond acceptors (Lipinski definition) is 3. The van der Waals surface area contributed by atoms with Gasteiger partial charge in [-0.05, 0) is 38.1 Å². The predicted octanol–water partition coefficient (Wildman–Crippen LogP) is 3.74. The van der Waals surface area contributed by atoms with E-state index in [2.05, 4.69) is 16.0 Å². The molecule has 0 spiro atoms. The highest BCUT2D eigenvalue weighted by Gasteiger charge is 2.14. The van der Waals surface area contributed by atoms with Gasteiger partial charge in [0.2, 0.25) is 5.91 Å². The Morgan fingerprint density at radius 2 is 1.81 bits per heavy atom. The third-order valence-electron chi connectivity index (χ3n) is 3.97. The van der Waals surface area contributed by atoms with E-state index >= 15 is 0 Å². The highest BCUT2D eigenvalue weighted by Crippen LogP contribution is 2.23. The van der Waals surface area contributed by atoms with Crippen molar-refractivity contribution >= 4 is 28.6 Å². The molecule has 3 rings (SSSR count). The third-order valence-corrected chi connectivity index (χ3v) is 3.97. The number of aryl methyl sites for hydroxylation is 1. The summed E-state index contributed by atoms with van der Waals surface area (Å²) in [7, 11) is 0. The van der Waals surface area contributed by atoms with Crippen molar-refractivity contribution in [2.75, 3.05) is 11.9 Å². The van der Waals surface area contributed by atoms with Crippen LogP contribution < -0.4 is 16.0 Å². The molecule has 134 valence electrons. The summed E-state index contributed by atoms with van der Waals surface area (Å²) in [6.07, 6.45) is 0. The van der Waals surface area contributed by atoms with Crippen molar-refractivity contribution in [1.29, 1.82) is 0 Å². The Hall–Kier alpha value is -3.28. The van der Waals surface area contributed by atoms with Crippen LogP contribution in [0.5, 0.6) is 0 Å². The lowest BCUT2D eigenvalue weighted by atomic mass is 10.2. The number of furan rings is 1. The smallest absolute Gasteiger partial charge is 0.319 e. The van der Waals surface area contributed by atoms with Gasteiger partial charge in [-0.3, -0.25) is 4.79 Å². The van der Waals surface area contributed by atoms with Crippen LogP contribution in [0.2, 0.25) is 0 Å². The van der Waals surface area contributed by atoms with Crippen molar-refractivity contribution in [1.82, 2.24) is 10.6 Å². The minimum absolute atomic E-state index is 0.123. The standard InChI is InChI=1S/C20H21N3O3/c1-13-7-9-16(10-8-13)23-20(25)21-12-19(24)22-14(2)18-11-15-5-3-4-6-17(15)26-18/h3-11,14H,12H2,1-2H3,(H,22,24)(H2,21,23,25). The van der Waals surface area contributed by atoms with E-state index in [1.54, 1.807) is 12.1 Å². The fraction of sp³-hybridized carbons (Fsp3) is 0.200. The van der Waals surface area contributed by atoms with Gasteiger partial charge in [-0.1, -0.05) is 35.9 Å². The molecule has 6 heteroatoms. The summed E-state index contributed by atoms with van der Waals surface area (Å²) < 4.78 is 5.73. The number of nitrogens with one attached hydrogen (secondary N) is 3. The zero-order valence-electron chi connectivity index (χ0n) is 14.7. The SMILES string of the molecule is Cc1ccc(NC(=O)NCC(=O)NC(C)c2cc3ccccc3o2)cc1. The fourth-order valence-corrected chi connectivity index (χ4v) is 2.55. The van der Waals surface area contributed by atoms with Crippen molar-refractivity contribution in [3.63, 3.8) is 0 Å². The second-order valence-electron chi connectivity index (χ2n) is 6.15. The number of urea groups is 1. The van der Waals surface area contributed by atoms with Crippen molar-refractivity contribution in [3.05, 3.63) is 65.9 Å². The average Bonchev–Trinajstić information content (AvgIpc) is 3.06. The minimum Gasteiger partial charge on any atom is -0.459 e. The first-order valence-corrected chi connectivity index (χ1v) is 8.40. The molecule has 0 aliphatic carbocycles. The van der Waals surface area contributed by atoms with Gasteiger partial charge < -0.3 is 20.4 Å². The molecule has 3 N–H and O–H groups in total. The molecule has 0 radical (unpaired) electrons. The van der Waals surface area contributed by atoms with Crippen molar-refractivity contribution in [2.24, 2.45) is 0 Å². The number of hydrogen-bond donors (Lipinski definition) is 3. The van der Waals surface area contributed by atoms with Crippen LogP contribution in [0.4, 0.5) is 10.5 Å². The van der Waals surface area contributed by atoms with Crippen LogP contribution in [0.25, 0.3) is 11.0 Å². The predicted molar refractivity (Wildman–Crippen MR) is 101 cm³/mol. The van der Waals surface area contributed by atoms with Gasteiger partial charge in [-0.2, -0.15) is 0 Å². The van der Waals surface area contributed by atoms with Crippen molar-refractivity contribution in [3.8, 4) is 0 Å². The number of para-hydroxylation sites is 1. The van der Waals surface area contributed by atoms with Crippen LogP contribution in [0.1, 0.15) is 24.3 Å². The molecule has 1 heterocycles. The van der Waals surface area contributed by atoms with Crippen molar-refractivity contribution < 1.29 is 14.0 Å². The Balaban J connectivity index is 1.48. The normalized spacial score (nSPS) is 11.8. The Morgan fingerprint density at radius 3 is 2.54 bits per heavy atom. The summed E-state index contributed by atoms with van der Waals surface area (Å²) in [5.74, 6) is 0.376. The second kappa shape index (κ2) is 7.74. The molecule has 26 heavy (non-hydrogen) atoms. The van der Waals surface area contributed by atoms with Crippen molar-refractivity contribution in [2.45, 2.75) is 19.9 Å². The largest absolute Gasteiger partial charge is 0.459 e. The van der Waals surface area contributed by atoms with E-state index in [1.165, 1.54) is 0 Å². The fourth-order valence-electron chi connectivity index (χ4n) is 2.55. The van der Waals surface area contributed by atoms with E-state index in [0.29, 0.717) is 11.4 Å². The van der Waals surface area contributed by atoms with Crippen LogP contribution in [0, 0.1) is 6.92 Å². The monoisotopic (exact) mass is 351 g/mol. The van der Waals surface area contributed by atoms with Crippen LogP contribution >= 0.6 is 0 Å². The molecule has 1 unspecified atom stereocenters. The van der Waals surface area contributed by atoms with Gasteiger partial charge >= 0.3 is 6.03 Å².